The maximum Gasteiger partial charge on any atom is 0.326 e. The van der Waals surface area contributed by atoms with Gasteiger partial charge in [-0.25, -0.2) is 4.79 Å². The summed E-state index contributed by atoms with van der Waals surface area (Å²) < 4.78 is 0. The second-order valence-corrected chi connectivity index (χ2v) is 11.8. The molecule has 1 heterocycles. The topological polar surface area (TPSA) is 116 Å². The van der Waals surface area contributed by atoms with E-state index in [2.05, 4.69) is 10.6 Å². The highest BCUT2D eigenvalue weighted by Crippen LogP contribution is 2.46. The molecule has 2 atom stereocenters. The zero-order valence-corrected chi connectivity index (χ0v) is 23.8. The summed E-state index contributed by atoms with van der Waals surface area (Å²) in [5.41, 5.74) is 1.30. The molecule has 1 aliphatic carbocycles. The predicted molar refractivity (Wildman–Crippen MR) is 153 cm³/mol. The van der Waals surface area contributed by atoms with E-state index in [0.29, 0.717) is 18.5 Å². The molecule has 2 aliphatic rings. The van der Waals surface area contributed by atoms with E-state index in [1.54, 1.807) is 29.2 Å². The number of piperidine rings is 1. The lowest BCUT2D eigenvalue weighted by molar-refractivity contribution is -0.142. The maximum atomic E-state index is 13.6. The third-order valence-electron chi connectivity index (χ3n) is 8.10. The lowest BCUT2D eigenvalue weighted by Crippen LogP contribution is -2.52. The minimum absolute atomic E-state index is 0.0179. The van der Waals surface area contributed by atoms with Crippen molar-refractivity contribution in [3.63, 3.8) is 0 Å². The van der Waals surface area contributed by atoms with Gasteiger partial charge in [-0.05, 0) is 61.3 Å². The number of benzene rings is 2. The highest BCUT2D eigenvalue weighted by molar-refractivity contribution is 6.35. The first-order chi connectivity index (χ1) is 19.1. The maximum absolute atomic E-state index is 13.6. The summed E-state index contributed by atoms with van der Waals surface area (Å²) >= 11 is 12.1. The van der Waals surface area contributed by atoms with E-state index < -0.39 is 29.9 Å². The van der Waals surface area contributed by atoms with Crippen LogP contribution in [0.1, 0.15) is 67.3 Å². The summed E-state index contributed by atoms with van der Waals surface area (Å²) in [4.78, 5) is 53.1. The van der Waals surface area contributed by atoms with E-state index in [9.17, 15) is 24.3 Å². The van der Waals surface area contributed by atoms with Crippen molar-refractivity contribution in [3.05, 3.63) is 69.7 Å². The largest absolute Gasteiger partial charge is 0.480 e. The standard InChI is InChI=1S/C30H35Cl2N3O5/c31-22-17-21(18-23(32)19-22)27(37)34-24(28(38)35-14-12-30(13-15-35)10-4-5-11-30)8-9-26(36)33-25(29(39)40)16-20-6-2-1-3-7-20/h1-3,6-7,17-19,24-25H,4-5,8-16H2,(H,33,36)(H,34,37)(H,39,40)/t24-,25?/m1/s1. The van der Waals surface area contributed by atoms with Crippen LogP contribution in [0, 0.1) is 5.41 Å². The van der Waals surface area contributed by atoms with Gasteiger partial charge in [0.1, 0.15) is 12.1 Å². The molecule has 0 aromatic heterocycles. The zero-order chi connectivity index (χ0) is 28.7. The molecule has 1 aliphatic heterocycles. The zero-order valence-electron chi connectivity index (χ0n) is 22.3. The Bertz CT molecular complexity index is 1200. The molecular formula is C30H35Cl2N3O5. The molecule has 2 fully saturated rings. The van der Waals surface area contributed by atoms with E-state index in [4.69, 9.17) is 23.2 Å². The van der Waals surface area contributed by atoms with Gasteiger partial charge in [0.2, 0.25) is 11.8 Å². The molecule has 8 nitrogen and oxygen atoms in total. The van der Waals surface area contributed by atoms with Gasteiger partial charge in [0.05, 0.1) is 0 Å². The molecule has 1 saturated carbocycles. The molecule has 1 unspecified atom stereocenters. The minimum Gasteiger partial charge on any atom is -0.480 e. The van der Waals surface area contributed by atoms with Gasteiger partial charge in [-0.1, -0.05) is 66.4 Å². The van der Waals surface area contributed by atoms with E-state index >= 15 is 0 Å². The Kier molecular flexibility index (Phi) is 10.1. The van der Waals surface area contributed by atoms with Crippen molar-refractivity contribution in [1.82, 2.24) is 15.5 Å². The van der Waals surface area contributed by atoms with Crippen molar-refractivity contribution in [2.75, 3.05) is 13.1 Å². The molecule has 0 radical (unpaired) electrons. The lowest BCUT2D eigenvalue weighted by atomic mass is 9.77. The molecule has 40 heavy (non-hydrogen) atoms. The van der Waals surface area contributed by atoms with Gasteiger partial charge in [0.25, 0.3) is 5.91 Å². The predicted octanol–water partition coefficient (Wildman–Crippen LogP) is 4.87. The number of carboxylic acid groups (broad SMARTS) is 1. The van der Waals surface area contributed by atoms with Crippen molar-refractivity contribution in [2.45, 2.75) is 69.9 Å². The van der Waals surface area contributed by atoms with Gasteiger partial charge in [0, 0.05) is 41.5 Å². The van der Waals surface area contributed by atoms with Crippen molar-refractivity contribution in [2.24, 2.45) is 5.41 Å². The Balaban J connectivity index is 1.42. The van der Waals surface area contributed by atoms with Crippen LogP contribution in [0.5, 0.6) is 0 Å². The van der Waals surface area contributed by atoms with Crippen LogP contribution in [0.4, 0.5) is 0 Å². The Morgan fingerprint density at radius 1 is 0.875 bits per heavy atom. The number of hydrogen-bond donors (Lipinski definition) is 3. The van der Waals surface area contributed by atoms with Crippen LogP contribution in [0.15, 0.2) is 48.5 Å². The summed E-state index contributed by atoms with van der Waals surface area (Å²) in [6.45, 7) is 1.22. The average molecular weight is 589 g/mol. The lowest BCUT2D eigenvalue weighted by Gasteiger charge is -2.40. The number of amides is 3. The van der Waals surface area contributed by atoms with Gasteiger partial charge in [-0.2, -0.15) is 0 Å². The first-order valence-electron chi connectivity index (χ1n) is 13.8. The third-order valence-corrected chi connectivity index (χ3v) is 8.54. The van der Waals surface area contributed by atoms with E-state index in [1.807, 2.05) is 6.07 Å². The van der Waals surface area contributed by atoms with Crippen LogP contribution in [-0.2, 0) is 20.8 Å². The number of nitrogens with zero attached hydrogens (tertiary/aromatic N) is 1. The quantitative estimate of drug-likeness (QED) is 0.367. The van der Waals surface area contributed by atoms with Crippen molar-refractivity contribution in [1.29, 1.82) is 0 Å². The Hall–Kier alpha value is -3.10. The fourth-order valence-electron chi connectivity index (χ4n) is 5.82. The molecule has 4 rings (SSSR count). The molecule has 2 aromatic rings. The summed E-state index contributed by atoms with van der Waals surface area (Å²) in [6.07, 6.45) is 6.72. The molecule has 2 aromatic carbocycles. The van der Waals surface area contributed by atoms with Crippen molar-refractivity contribution >= 4 is 46.9 Å². The monoisotopic (exact) mass is 587 g/mol. The number of carbonyl (C=O) groups excluding carboxylic acids is 3. The van der Waals surface area contributed by atoms with Crippen LogP contribution in [-0.4, -0.2) is 58.9 Å². The van der Waals surface area contributed by atoms with Gasteiger partial charge >= 0.3 is 5.97 Å². The Morgan fingerprint density at radius 2 is 1.50 bits per heavy atom. The van der Waals surface area contributed by atoms with E-state index in [1.165, 1.54) is 43.9 Å². The van der Waals surface area contributed by atoms with Gasteiger partial charge in [-0.15, -0.1) is 0 Å². The van der Waals surface area contributed by atoms with Crippen molar-refractivity contribution < 1.29 is 24.3 Å². The number of aliphatic carboxylic acids is 1. The van der Waals surface area contributed by atoms with Crippen LogP contribution in [0.2, 0.25) is 10.0 Å². The first-order valence-corrected chi connectivity index (χ1v) is 14.5. The second kappa shape index (κ2) is 13.5. The van der Waals surface area contributed by atoms with E-state index in [0.717, 1.165) is 18.4 Å². The summed E-state index contributed by atoms with van der Waals surface area (Å²) in [6, 6.07) is 11.4. The second-order valence-electron chi connectivity index (χ2n) is 10.9. The molecule has 3 amide bonds. The Labute approximate surface area is 244 Å². The number of carbonyl (C=O) groups is 4. The number of carboxylic acids is 1. The van der Waals surface area contributed by atoms with Crippen molar-refractivity contribution in [3.8, 4) is 0 Å². The molecule has 10 heteroatoms. The smallest absolute Gasteiger partial charge is 0.326 e. The number of likely N-dealkylation sites (tertiary alicyclic amines) is 1. The normalized spacial score (nSPS) is 17.7. The number of rotatable bonds is 10. The fraction of sp³-hybridized carbons (Fsp3) is 0.467. The number of hydrogen-bond acceptors (Lipinski definition) is 4. The SMILES string of the molecule is O=C(CC[C@@H](NC(=O)c1cc(Cl)cc(Cl)c1)C(=O)N1CCC2(CCCC2)CC1)NC(Cc1ccccc1)C(=O)O. The highest BCUT2D eigenvalue weighted by atomic mass is 35.5. The van der Waals surface area contributed by atoms with Crippen LogP contribution in [0.3, 0.4) is 0 Å². The Morgan fingerprint density at radius 3 is 2.10 bits per heavy atom. The molecule has 1 spiro atoms. The summed E-state index contributed by atoms with van der Waals surface area (Å²) in [5.74, 6) is -2.43. The molecule has 0 bridgehead atoms. The summed E-state index contributed by atoms with van der Waals surface area (Å²) in [7, 11) is 0. The van der Waals surface area contributed by atoms with Gasteiger partial charge in [-0.3, -0.25) is 14.4 Å². The van der Waals surface area contributed by atoms with Gasteiger partial charge < -0.3 is 20.6 Å². The molecular weight excluding hydrogens is 553 g/mol. The minimum atomic E-state index is -1.15. The summed E-state index contributed by atoms with van der Waals surface area (Å²) in [5, 5.41) is 15.6. The highest BCUT2D eigenvalue weighted by Gasteiger charge is 2.39. The average Bonchev–Trinajstić information content (AvgIpc) is 3.38. The number of nitrogens with one attached hydrogen (secondary N) is 2. The van der Waals surface area contributed by atoms with Gasteiger partial charge in [0.15, 0.2) is 0 Å². The van der Waals surface area contributed by atoms with Crippen LogP contribution < -0.4 is 10.6 Å². The first kappa shape index (κ1) is 29.9. The van der Waals surface area contributed by atoms with Crippen LogP contribution in [0.25, 0.3) is 0 Å². The third kappa shape index (κ3) is 7.98. The molecule has 3 N–H and O–H groups in total. The number of halogens is 2. The fourth-order valence-corrected chi connectivity index (χ4v) is 6.35. The van der Waals surface area contributed by atoms with E-state index in [-0.39, 0.29) is 40.8 Å². The molecule has 214 valence electrons. The van der Waals surface area contributed by atoms with Crippen LogP contribution >= 0.6 is 23.2 Å². The molecule has 1 saturated heterocycles.